The Kier molecular flexibility index (Phi) is 4.98. The number of anilines is 1. The number of carboxylic acids is 1. The van der Waals surface area contributed by atoms with E-state index in [0.717, 1.165) is 0 Å². The van der Waals surface area contributed by atoms with Crippen LogP contribution in [0.2, 0.25) is 0 Å². The number of benzene rings is 1. The molecule has 2 rings (SSSR count). The van der Waals surface area contributed by atoms with Crippen LogP contribution >= 0.6 is 0 Å². The summed E-state index contributed by atoms with van der Waals surface area (Å²) in [5.74, 6) is -1.93. The summed E-state index contributed by atoms with van der Waals surface area (Å²) in [6.07, 6.45) is 0.384. The molecule has 0 aromatic heterocycles. The molecule has 1 aromatic carbocycles. The van der Waals surface area contributed by atoms with Crippen molar-refractivity contribution in [1.29, 1.82) is 0 Å². The summed E-state index contributed by atoms with van der Waals surface area (Å²) in [6, 6.07) is 6.55. The Bertz CT molecular complexity index is 570. The lowest BCUT2D eigenvalue weighted by molar-refractivity contribution is -0.139. The molecule has 1 aliphatic rings. The smallest absolute Gasteiger partial charge is 0.307 e. The first kappa shape index (κ1) is 15.8. The van der Waals surface area contributed by atoms with Gasteiger partial charge in [0.2, 0.25) is 5.91 Å². The first-order valence-corrected chi connectivity index (χ1v) is 7.04. The fraction of sp³-hybridized carbons (Fsp3) is 0.400. The molecule has 0 bridgehead atoms. The average molecular weight is 306 g/mol. The van der Waals surface area contributed by atoms with Crippen LogP contribution in [0.25, 0.3) is 0 Å². The number of amides is 2. The Morgan fingerprint density at radius 2 is 1.91 bits per heavy atom. The largest absolute Gasteiger partial charge is 0.484 e. The van der Waals surface area contributed by atoms with Gasteiger partial charge in [-0.2, -0.15) is 0 Å². The summed E-state index contributed by atoms with van der Waals surface area (Å²) < 4.78 is 5.29. The fourth-order valence-corrected chi connectivity index (χ4v) is 2.02. The molecule has 2 amide bonds. The van der Waals surface area contributed by atoms with Crippen molar-refractivity contribution in [3.8, 4) is 5.75 Å². The lowest BCUT2D eigenvalue weighted by Gasteiger charge is -2.08. The quantitative estimate of drug-likeness (QED) is 0.693. The van der Waals surface area contributed by atoms with Gasteiger partial charge in [-0.05, 0) is 37.6 Å². The minimum Gasteiger partial charge on any atom is -0.484 e. The van der Waals surface area contributed by atoms with Gasteiger partial charge in [0.1, 0.15) is 5.75 Å². The maximum absolute atomic E-state index is 11.8. The van der Waals surface area contributed by atoms with Gasteiger partial charge in [0.05, 0.1) is 11.8 Å². The van der Waals surface area contributed by atoms with Crippen molar-refractivity contribution in [3.63, 3.8) is 0 Å². The van der Waals surface area contributed by atoms with Crippen molar-refractivity contribution >= 4 is 23.5 Å². The first-order valence-electron chi connectivity index (χ1n) is 7.04. The second-order valence-corrected chi connectivity index (χ2v) is 5.04. The highest BCUT2D eigenvalue weighted by Gasteiger charge is 2.48. The third-order valence-corrected chi connectivity index (χ3v) is 3.31. The maximum Gasteiger partial charge on any atom is 0.307 e. The lowest BCUT2D eigenvalue weighted by atomic mass is 10.2. The summed E-state index contributed by atoms with van der Waals surface area (Å²) in [7, 11) is 0. The van der Waals surface area contributed by atoms with Gasteiger partial charge in [0, 0.05) is 12.2 Å². The van der Waals surface area contributed by atoms with Crippen LogP contribution < -0.4 is 15.4 Å². The zero-order valence-electron chi connectivity index (χ0n) is 12.2. The minimum absolute atomic E-state index is 0.0675. The van der Waals surface area contributed by atoms with Gasteiger partial charge in [-0.1, -0.05) is 0 Å². The van der Waals surface area contributed by atoms with E-state index in [1.54, 1.807) is 24.3 Å². The van der Waals surface area contributed by atoms with Crippen LogP contribution in [0, 0.1) is 11.8 Å². The van der Waals surface area contributed by atoms with Gasteiger partial charge in [-0.3, -0.25) is 14.4 Å². The average Bonchev–Trinajstić information content (AvgIpc) is 3.27. The summed E-state index contributed by atoms with van der Waals surface area (Å²) in [5.41, 5.74) is 0.561. The molecule has 2 atom stereocenters. The molecule has 22 heavy (non-hydrogen) atoms. The molecule has 1 saturated carbocycles. The van der Waals surface area contributed by atoms with Crippen LogP contribution in [0.1, 0.15) is 13.3 Å². The van der Waals surface area contributed by atoms with Crippen molar-refractivity contribution in [2.75, 3.05) is 18.5 Å². The molecule has 0 spiro atoms. The van der Waals surface area contributed by atoms with Gasteiger partial charge in [0.15, 0.2) is 6.61 Å². The molecule has 0 aliphatic heterocycles. The molecule has 1 fully saturated rings. The summed E-state index contributed by atoms with van der Waals surface area (Å²) in [4.78, 5) is 33.8. The summed E-state index contributed by atoms with van der Waals surface area (Å²) in [6.45, 7) is 2.30. The van der Waals surface area contributed by atoms with Gasteiger partial charge < -0.3 is 20.5 Å². The third-order valence-electron chi connectivity index (χ3n) is 3.31. The Labute approximate surface area is 127 Å². The van der Waals surface area contributed by atoms with Crippen molar-refractivity contribution < 1.29 is 24.2 Å². The van der Waals surface area contributed by atoms with Gasteiger partial charge >= 0.3 is 5.97 Å². The van der Waals surface area contributed by atoms with Gasteiger partial charge in [0.25, 0.3) is 5.91 Å². The zero-order valence-corrected chi connectivity index (χ0v) is 12.2. The molecule has 2 unspecified atom stereocenters. The molecule has 0 heterocycles. The van der Waals surface area contributed by atoms with Crippen LogP contribution in [0.5, 0.6) is 5.75 Å². The van der Waals surface area contributed by atoms with Crippen LogP contribution in [0.4, 0.5) is 5.69 Å². The van der Waals surface area contributed by atoms with Crippen LogP contribution in [0.3, 0.4) is 0 Å². The normalized spacial score (nSPS) is 19.1. The predicted molar refractivity (Wildman–Crippen MR) is 78.5 cm³/mol. The Morgan fingerprint density at radius 3 is 2.45 bits per heavy atom. The third kappa shape index (κ3) is 4.21. The topological polar surface area (TPSA) is 105 Å². The van der Waals surface area contributed by atoms with Crippen LogP contribution in [0.15, 0.2) is 24.3 Å². The molecular weight excluding hydrogens is 288 g/mol. The van der Waals surface area contributed by atoms with E-state index in [9.17, 15) is 14.4 Å². The van der Waals surface area contributed by atoms with Crippen molar-refractivity contribution in [2.45, 2.75) is 13.3 Å². The number of carboxylic acid groups (broad SMARTS) is 1. The van der Waals surface area contributed by atoms with E-state index in [1.807, 2.05) is 6.92 Å². The second kappa shape index (κ2) is 6.93. The van der Waals surface area contributed by atoms with Crippen molar-refractivity contribution in [3.05, 3.63) is 24.3 Å². The van der Waals surface area contributed by atoms with E-state index in [-0.39, 0.29) is 18.4 Å². The van der Waals surface area contributed by atoms with Gasteiger partial charge in [-0.15, -0.1) is 0 Å². The maximum atomic E-state index is 11.8. The Hall–Kier alpha value is -2.57. The van der Waals surface area contributed by atoms with E-state index in [4.69, 9.17) is 9.84 Å². The molecule has 1 aromatic rings. The van der Waals surface area contributed by atoms with Gasteiger partial charge in [-0.25, -0.2) is 0 Å². The molecule has 3 N–H and O–H groups in total. The number of likely N-dealkylation sites (N-methyl/N-ethyl adjacent to an activating group) is 1. The van der Waals surface area contributed by atoms with Crippen molar-refractivity contribution in [1.82, 2.24) is 5.32 Å². The monoisotopic (exact) mass is 306 g/mol. The molecule has 7 nitrogen and oxygen atoms in total. The number of rotatable bonds is 7. The van der Waals surface area contributed by atoms with Crippen LogP contribution in [-0.2, 0) is 14.4 Å². The van der Waals surface area contributed by atoms with E-state index < -0.39 is 17.8 Å². The number of carbonyl (C=O) groups excluding carboxylic acids is 2. The van der Waals surface area contributed by atoms with Crippen LogP contribution in [-0.4, -0.2) is 36.0 Å². The number of hydrogen-bond donors (Lipinski definition) is 3. The SMILES string of the molecule is CCNC(=O)COc1ccc(NC(=O)C2CC2C(=O)O)cc1. The molecular formula is C15H18N2O5. The molecule has 118 valence electrons. The fourth-order valence-electron chi connectivity index (χ4n) is 2.02. The summed E-state index contributed by atoms with van der Waals surface area (Å²) in [5, 5.41) is 14.1. The number of hydrogen-bond acceptors (Lipinski definition) is 4. The number of aliphatic carboxylic acids is 1. The number of carbonyl (C=O) groups is 3. The van der Waals surface area contributed by atoms with E-state index in [0.29, 0.717) is 24.4 Å². The van der Waals surface area contributed by atoms with E-state index in [1.165, 1.54) is 0 Å². The predicted octanol–water partition coefficient (Wildman–Crippen LogP) is 0.861. The van der Waals surface area contributed by atoms with Crippen molar-refractivity contribution in [2.24, 2.45) is 11.8 Å². The number of nitrogens with one attached hydrogen (secondary N) is 2. The molecule has 0 saturated heterocycles. The first-order chi connectivity index (χ1) is 10.5. The standard InChI is InChI=1S/C15H18N2O5/c1-2-16-13(18)8-22-10-5-3-9(4-6-10)17-14(19)11-7-12(11)15(20)21/h3-6,11-12H,2,7-8H2,1H3,(H,16,18)(H,17,19)(H,20,21). The molecule has 0 radical (unpaired) electrons. The lowest BCUT2D eigenvalue weighted by Crippen LogP contribution is -2.28. The summed E-state index contributed by atoms with van der Waals surface area (Å²) >= 11 is 0. The van der Waals surface area contributed by atoms with E-state index >= 15 is 0 Å². The number of ether oxygens (including phenoxy) is 1. The van der Waals surface area contributed by atoms with E-state index in [2.05, 4.69) is 10.6 Å². The Morgan fingerprint density at radius 1 is 1.23 bits per heavy atom. The highest BCUT2D eigenvalue weighted by molar-refractivity contribution is 5.98. The molecule has 1 aliphatic carbocycles. The highest BCUT2D eigenvalue weighted by Crippen LogP contribution is 2.39. The molecule has 7 heteroatoms. The zero-order chi connectivity index (χ0) is 16.1. The highest BCUT2D eigenvalue weighted by atomic mass is 16.5. The Balaban J connectivity index is 1.81. The second-order valence-electron chi connectivity index (χ2n) is 5.04. The minimum atomic E-state index is -0.936.